The Labute approximate surface area is 146 Å². The first-order chi connectivity index (χ1) is 10.9. The fraction of sp³-hybridized carbons (Fsp3) is 0.467. The number of carbonyl (C=O) groups is 2. The number of hydrogen-bond donors (Lipinski definition) is 3. The first-order valence-corrected chi connectivity index (χ1v) is 7.36. The number of halogens is 1. The average Bonchev–Trinajstić information content (AvgIpc) is 2.48. The molecule has 1 amide bonds. The van der Waals surface area contributed by atoms with Crippen molar-refractivity contribution >= 4 is 35.7 Å². The highest BCUT2D eigenvalue weighted by Crippen LogP contribution is 2.24. The van der Waals surface area contributed by atoms with Gasteiger partial charge in [0, 0.05) is 19.0 Å². The summed E-state index contributed by atoms with van der Waals surface area (Å²) in [6.45, 7) is 3.67. The van der Waals surface area contributed by atoms with Crippen LogP contribution in [0.4, 0.5) is 11.4 Å². The molecule has 1 aromatic rings. The summed E-state index contributed by atoms with van der Waals surface area (Å²) < 4.78 is 0. The van der Waals surface area contributed by atoms with Gasteiger partial charge in [0.1, 0.15) is 6.04 Å². The summed E-state index contributed by atoms with van der Waals surface area (Å²) in [6, 6.07) is 3.78. The molecule has 24 heavy (non-hydrogen) atoms. The van der Waals surface area contributed by atoms with E-state index in [4.69, 9.17) is 5.11 Å². The van der Waals surface area contributed by atoms with Gasteiger partial charge in [0.15, 0.2) is 0 Å². The number of nitro groups is 1. The summed E-state index contributed by atoms with van der Waals surface area (Å²) in [7, 11) is 0. The minimum atomic E-state index is -0.943. The Kier molecular flexibility index (Phi) is 9.60. The quantitative estimate of drug-likeness (QED) is 0.460. The number of carbonyl (C=O) groups excluding carboxylic acids is 1. The first-order valence-electron chi connectivity index (χ1n) is 7.36. The highest BCUT2D eigenvalue weighted by Gasteiger charge is 2.17. The van der Waals surface area contributed by atoms with Gasteiger partial charge >= 0.3 is 5.97 Å². The van der Waals surface area contributed by atoms with E-state index in [0.717, 1.165) is 6.42 Å². The number of carboxylic acid groups (broad SMARTS) is 1. The topological polar surface area (TPSA) is 122 Å². The molecule has 0 saturated heterocycles. The maximum atomic E-state index is 11.9. The molecule has 1 unspecified atom stereocenters. The van der Waals surface area contributed by atoms with E-state index in [9.17, 15) is 19.7 Å². The molecule has 0 heterocycles. The minimum absolute atomic E-state index is 0. The monoisotopic (exact) mass is 359 g/mol. The second-order valence-electron chi connectivity index (χ2n) is 5.14. The lowest BCUT2D eigenvalue weighted by Crippen LogP contribution is -2.38. The second kappa shape index (κ2) is 10.6. The maximum Gasteiger partial charge on any atom is 0.320 e. The van der Waals surface area contributed by atoms with Gasteiger partial charge in [-0.05, 0) is 19.4 Å². The van der Waals surface area contributed by atoms with Crippen LogP contribution in [-0.4, -0.2) is 34.5 Å². The lowest BCUT2D eigenvalue weighted by atomic mass is 10.1. The molecule has 1 rings (SSSR count). The zero-order valence-corrected chi connectivity index (χ0v) is 14.4. The van der Waals surface area contributed by atoms with Crippen molar-refractivity contribution < 1.29 is 19.6 Å². The number of hydrogen-bond acceptors (Lipinski definition) is 5. The van der Waals surface area contributed by atoms with Crippen LogP contribution in [0.5, 0.6) is 0 Å². The number of aliphatic carboxylic acids is 1. The third-order valence-electron chi connectivity index (χ3n) is 3.39. The van der Waals surface area contributed by atoms with Gasteiger partial charge < -0.3 is 15.7 Å². The number of nitrogens with zero attached hydrogens (tertiary/aromatic N) is 1. The molecular formula is C15H22ClN3O5. The predicted octanol–water partition coefficient (Wildman–Crippen LogP) is 2.50. The van der Waals surface area contributed by atoms with Crippen molar-refractivity contribution in [3.05, 3.63) is 33.9 Å². The predicted molar refractivity (Wildman–Crippen MR) is 92.7 cm³/mol. The molecule has 3 N–H and O–H groups in total. The van der Waals surface area contributed by atoms with Crippen LogP contribution >= 0.6 is 12.4 Å². The van der Waals surface area contributed by atoms with Crippen molar-refractivity contribution in [1.82, 2.24) is 5.32 Å². The summed E-state index contributed by atoms with van der Waals surface area (Å²) in [5.74, 6) is -1.27. The van der Waals surface area contributed by atoms with Crippen molar-refractivity contribution in [2.24, 2.45) is 0 Å². The van der Waals surface area contributed by atoms with Gasteiger partial charge in [0.05, 0.1) is 16.2 Å². The van der Waals surface area contributed by atoms with Gasteiger partial charge in [-0.25, -0.2) is 0 Å². The van der Waals surface area contributed by atoms with Crippen molar-refractivity contribution in [3.63, 3.8) is 0 Å². The zero-order chi connectivity index (χ0) is 17.4. The average molecular weight is 360 g/mol. The van der Waals surface area contributed by atoms with Gasteiger partial charge in [0.2, 0.25) is 5.91 Å². The molecule has 9 heteroatoms. The maximum absolute atomic E-state index is 11.9. The van der Waals surface area contributed by atoms with Crippen molar-refractivity contribution in [1.29, 1.82) is 0 Å². The number of amides is 1. The van der Waals surface area contributed by atoms with E-state index in [1.807, 2.05) is 6.92 Å². The Morgan fingerprint density at radius 2 is 2.04 bits per heavy atom. The lowest BCUT2D eigenvalue weighted by molar-refractivity contribution is -0.385. The van der Waals surface area contributed by atoms with Crippen LogP contribution < -0.4 is 10.6 Å². The number of benzene rings is 1. The Balaban J connectivity index is 0.00000529. The highest BCUT2D eigenvalue weighted by atomic mass is 35.5. The van der Waals surface area contributed by atoms with Crippen LogP contribution in [0.2, 0.25) is 0 Å². The molecule has 0 aromatic heterocycles. The SMILES string of the molecule is CCCC(NCCC(=O)Nc1cccc([N+](=O)[O-])c1C)C(=O)O.Cl. The molecule has 0 fully saturated rings. The summed E-state index contributed by atoms with van der Waals surface area (Å²) in [4.78, 5) is 33.2. The number of rotatable bonds is 9. The molecule has 8 nitrogen and oxygen atoms in total. The fourth-order valence-electron chi connectivity index (χ4n) is 2.13. The molecule has 1 atom stereocenters. The zero-order valence-electron chi connectivity index (χ0n) is 13.6. The number of carboxylic acids is 1. The smallest absolute Gasteiger partial charge is 0.320 e. The summed E-state index contributed by atoms with van der Waals surface area (Å²) >= 11 is 0. The van der Waals surface area contributed by atoms with Gasteiger partial charge in [-0.2, -0.15) is 0 Å². The third kappa shape index (κ3) is 6.51. The summed E-state index contributed by atoms with van der Waals surface area (Å²) in [5.41, 5.74) is 0.704. The van der Waals surface area contributed by atoms with Crippen molar-refractivity contribution in [2.75, 3.05) is 11.9 Å². The molecule has 0 saturated carbocycles. The van der Waals surface area contributed by atoms with Crippen LogP contribution in [-0.2, 0) is 9.59 Å². The van der Waals surface area contributed by atoms with E-state index in [1.165, 1.54) is 12.1 Å². The molecule has 0 aliphatic carbocycles. The van der Waals surface area contributed by atoms with E-state index >= 15 is 0 Å². The molecule has 134 valence electrons. The first kappa shape index (κ1) is 21.8. The Morgan fingerprint density at radius 3 is 2.58 bits per heavy atom. The molecule has 0 spiro atoms. The number of anilines is 1. The molecule has 0 bridgehead atoms. The standard InChI is InChI=1S/C15H21N3O5.ClH/c1-3-5-12(15(20)21)16-9-8-14(19)17-11-6-4-7-13(10(11)2)18(22)23;/h4,6-7,12,16H,3,5,8-9H2,1-2H3,(H,17,19)(H,20,21);1H. The minimum Gasteiger partial charge on any atom is -0.480 e. The van der Waals surface area contributed by atoms with Crippen LogP contribution in [0.25, 0.3) is 0 Å². The van der Waals surface area contributed by atoms with Crippen LogP contribution in [0.3, 0.4) is 0 Å². The van der Waals surface area contributed by atoms with Gasteiger partial charge in [-0.1, -0.05) is 19.4 Å². The van der Waals surface area contributed by atoms with Crippen molar-refractivity contribution in [3.8, 4) is 0 Å². The highest BCUT2D eigenvalue weighted by molar-refractivity contribution is 5.92. The van der Waals surface area contributed by atoms with E-state index in [1.54, 1.807) is 13.0 Å². The second-order valence-corrected chi connectivity index (χ2v) is 5.14. The van der Waals surface area contributed by atoms with Crippen molar-refractivity contribution in [2.45, 2.75) is 39.2 Å². The summed E-state index contributed by atoms with van der Waals surface area (Å²) in [5, 5.41) is 25.3. The fourth-order valence-corrected chi connectivity index (χ4v) is 2.13. The van der Waals surface area contributed by atoms with Crippen LogP contribution in [0, 0.1) is 17.0 Å². The van der Waals surface area contributed by atoms with E-state index in [0.29, 0.717) is 17.7 Å². The van der Waals surface area contributed by atoms with Crippen LogP contribution in [0.1, 0.15) is 31.7 Å². The van der Waals surface area contributed by atoms with Gasteiger partial charge in [-0.3, -0.25) is 19.7 Å². The molecule has 0 aliphatic rings. The Bertz CT molecular complexity index is 594. The Hall–Kier alpha value is -2.19. The number of nitro benzene ring substituents is 1. The lowest BCUT2D eigenvalue weighted by Gasteiger charge is -2.13. The van der Waals surface area contributed by atoms with E-state index < -0.39 is 16.9 Å². The molecular weight excluding hydrogens is 338 g/mol. The van der Waals surface area contributed by atoms with E-state index in [-0.39, 0.29) is 37.0 Å². The van der Waals surface area contributed by atoms with Crippen LogP contribution in [0.15, 0.2) is 18.2 Å². The van der Waals surface area contributed by atoms with Gasteiger partial charge in [-0.15, -0.1) is 12.4 Å². The third-order valence-corrected chi connectivity index (χ3v) is 3.39. The largest absolute Gasteiger partial charge is 0.480 e. The number of nitrogens with one attached hydrogen (secondary N) is 2. The normalized spacial score (nSPS) is 11.2. The molecule has 0 radical (unpaired) electrons. The molecule has 0 aliphatic heterocycles. The van der Waals surface area contributed by atoms with Gasteiger partial charge in [0.25, 0.3) is 5.69 Å². The summed E-state index contributed by atoms with van der Waals surface area (Å²) in [6.07, 6.45) is 1.29. The molecule has 1 aromatic carbocycles. The Morgan fingerprint density at radius 1 is 1.38 bits per heavy atom. The van der Waals surface area contributed by atoms with E-state index in [2.05, 4.69) is 10.6 Å².